The van der Waals surface area contributed by atoms with Crippen LogP contribution in [0, 0.1) is 11.3 Å². The minimum atomic E-state index is 0.676. The Labute approximate surface area is 356 Å². The molecule has 2 aromatic heterocycles. The first kappa shape index (κ1) is 34.4. The highest BCUT2D eigenvalue weighted by Gasteiger charge is 2.24. The first-order valence-corrected chi connectivity index (χ1v) is 21.0. The van der Waals surface area contributed by atoms with Crippen molar-refractivity contribution in [3.05, 3.63) is 212 Å². The van der Waals surface area contributed by atoms with Crippen LogP contribution in [0.5, 0.6) is 0 Å². The lowest BCUT2D eigenvalue weighted by Crippen LogP contribution is -1.99. The van der Waals surface area contributed by atoms with Crippen LogP contribution in [-0.4, -0.2) is 14.1 Å². The lowest BCUT2D eigenvalue weighted by molar-refractivity contribution is 1.09. The second-order valence-electron chi connectivity index (χ2n) is 16.1. The Kier molecular flexibility index (Phi) is 7.34. The molecule has 13 aromatic rings. The summed E-state index contributed by atoms with van der Waals surface area (Å²) < 4.78 is 4.61. The fourth-order valence-electron chi connectivity index (χ4n) is 10.3. The van der Waals surface area contributed by atoms with Gasteiger partial charge >= 0.3 is 0 Å². The van der Waals surface area contributed by atoms with Gasteiger partial charge in [-0.2, -0.15) is 5.26 Å². The maximum absolute atomic E-state index is 10.4. The predicted octanol–water partition coefficient (Wildman–Crippen LogP) is 15.0. The number of imidazole rings is 1. The van der Waals surface area contributed by atoms with Crippen LogP contribution in [-0.2, 0) is 0 Å². The Morgan fingerprint density at radius 2 is 0.903 bits per heavy atom. The van der Waals surface area contributed by atoms with Crippen LogP contribution in [0.1, 0.15) is 5.56 Å². The average Bonchev–Trinajstić information content (AvgIpc) is 3.90. The number of fused-ring (bicyclic) bond motifs is 4. The highest BCUT2D eigenvalue weighted by Crippen LogP contribution is 2.49. The van der Waals surface area contributed by atoms with Gasteiger partial charge in [-0.25, -0.2) is 4.98 Å². The van der Waals surface area contributed by atoms with Crippen LogP contribution in [0.4, 0.5) is 0 Å². The van der Waals surface area contributed by atoms with Crippen molar-refractivity contribution in [1.82, 2.24) is 14.1 Å². The van der Waals surface area contributed by atoms with Gasteiger partial charge in [-0.15, -0.1) is 0 Å². The molecular formula is C58H34N4. The molecule has 0 spiro atoms. The highest BCUT2D eigenvalue weighted by molar-refractivity contribution is 6.31. The third-order valence-corrected chi connectivity index (χ3v) is 12.9. The molecule has 0 saturated heterocycles. The molecule has 13 rings (SSSR count). The van der Waals surface area contributed by atoms with Crippen molar-refractivity contribution in [1.29, 1.82) is 5.26 Å². The molecule has 4 heteroatoms. The molecule has 0 amide bonds. The molecule has 0 saturated carbocycles. The smallest absolute Gasteiger partial charge is 0.145 e. The fourth-order valence-corrected chi connectivity index (χ4v) is 10.3. The normalized spacial score (nSPS) is 11.9. The van der Waals surface area contributed by atoms with Crippen LogP contribution in [0.15, 0.2) is 206 Å². The van der Waals surface area contributed by atoms with Crippen molar-refractivity contribution in [3.8, 4) is 51.1 Å². The molecule has 2 heterocycles. The van der Waals surface area contributed by atoms with Crippen LogP contribution >= 0.6 is 0 Å². The van der Waals surface area contributed by atoms with Gasteiger partial charge in [0.25, 0.3) is 0 Å². The van der Waals surface area contributed by atoms with Crippen molar-refractivity contribution >= 4 is 75.9 Å². The Morgan fingerprint density at radius 3 is 1.60 bits per heavy atom. The summed E-state index contributed by atoms with van der Waals surface area (Å²) in [6, 6.07) is 76.2. The molecule has 4 nitrogen and oxygen atoms in total. The van der Waals surface area contributed by atoms with E-state index in [9.17, 15) is 5.26 Å². The van der Waals surface area contributed by atoms with Gasteiger partial charge in [0.05, 0.1) is 33.7 Å². The molecule has 0 aliphatic heterocycles. The molecule has 0 aliphatic carbocycles. The van der Waals surface area contributed by atoms with E-state index in [2.05, 4.69) is 203 Å². The van der Waals surface area contributed by atoms with Crippen LogP contribution in [0.25, 0.3) is 121 Å². The number of hydrogen-bond donors (Lipinski definition) is 0. The van der Waals surface area contributed by atoms with Gasteiger partial charge in [0, 0.05) is 33.1 Å². The quantitative estimate of drug-likeness (QED) is 0.129. The number of nitrogens with zero attached hydrogens (tertiary/aromatic N) is 4. The van der Waals surface area contributed by atoms with E-state index >= 15 is 0 Å². The number of nitriles is 1. The summed E-state index contributed by atoms with van der Waals surface area (Å²) in [5, 5.41) is 22.1. The summed E-state index contributed by atoms with van der Waals surface area (Å²) in [5.41, 5.74) is 12.9. The number of benzene rings is 11. The van der Waals surface area contributed by atoms with E-state index in [1.165, 1.54) is 54.6 Å². The van der Waals surface area contributed by atoms with Crippen LogP contribution < -0.4 is 0 Å². The lowest BCUT2D eigenvalue weighted by Gasteiger charge is -2.20. The number of rotatable bonds is 5. The molecule has 0 bridgehead atoms. The Balaban J connectivity index is 1.05. The van der Waals surface area contributed by atoms with Crippen molar-refractivity contribution in [2.24, 2.45) is 0 Å². The second kappa shape index (κ2) is 13.2. The van der Waals surface area contributed by atoms with E-state index in [1.807, 2.05) is 18.2 Å². The van der Waals surface area contributed by atoms with Crippen LogP contribution in [0.2, 0.25) is 0 Å². The van der Waals surface area contributed by atoms with E-state index in [0.29, 0.717) is 5.56 Å². The molecule has 0 unspecified atom stereocenters. The highest BCUT2D eigenvalue weighted by atomic mass is 15.1. The SMILES string of the molecule is N#Cc1ccc2c3c1ccc1c(-c4c5ccccc5c(-c5cccc6ccccc56)c5ccccc45)ccc(c13)n2-c1ccc(-n2c(-c3ccccc3)nc3ccccc32)cc1. The molecule has 62 heavy (non-hydrogen) atoms. The average molecular weight is 787 g/mol. The summed E-state index contributed by atoms with van der Waals surface area (Å²) in [6.45, 7) is 0. The van der Waals surface area contributed by atoms with Crippen molar-refractivity contribution < 1.29 is 0 Å². The largest absolute Gasteiger partial charge is 0.309 e. The molecule has 0 aliphatic rings. The van der Waals surface area contributed by atoms with E-state index in [4.69, 9.17) is 4.98 Å². The monoisotopic (exact) mass is 786 g/mol. The lowest BCUT2D eigenvalue weighted by atomic mass is 9.83. The van der Waals surface area contributed by atoms with E-state index in [1.54, 1.807) is 0 Å². The predicted molar refractivity (Wildman–Crippen MR) is 258 cm³/mol. The zero-order valence-corrected chi connectivity index (χ0v) is 33.4. The maximum Gasteiger partial charge on any atom is 0.145 e. The van der Waals surface area contributed by atoms with Crippen LogP contribution in [0.3, 0.4) is 0 Å². The molecule has 0 atom stereocenters. The van der Waals surface area contributed by atoms with E-state index < -0.39 is 0 Å². The van der Waals surface area contributed by atoms with E-state index in [0.717, 1.165) is 66.4 Å². The Hall–Kier alpha value is -8.52. The summed E-state index contributed by atoms with van der Waals surface area (Å²) in [5.74, 6) is 0.907. The third kappa shape index (κ3) is 4.85. The molecule has 286 valence electrons. The Bertz CT molecular complexity index is 3910. The zero-order chi connectivity index (χ0) is 40.9. The molecule has 0 fully saturated rings. The van der Waals surface area contributed by atoms with E-state index in [-0.39, 0.29) is 0 Å². The van der Waals surface area contributed by atoms with Gasteiger partial charge in [-0.1, -0.05) is 152 Å². The molecule has 11 aromatic carbocycles. The fraction of sp³-hybridized carbons (Fsp3) is 0. The van der Waals surface area contributed by atoms with Gasteiger partial charge in [-0.3, -0.25) is 4.57 Å². The first-order chi connectivity index (χ1) is 30.7. The number of aromatic nitrogens is 3. The van der Waals surface area contributed by atoms with Gasteiger partial charge in [0.1, 0.15) is 5.82 Å². The topological polar surface area (TPSA) is 46.5 Å². The third-order valence-electron chi connectivity index (χ3n) is 12.9. The second-order valence-corrected chi connectivity index (χ2v) is 16.1. The minimum absolute atomic E-state index is 0.676. The Morgan fingerprint density at radius 1 is 0.371 bits per heavy atom. The van der Waals surface area contributed by atoms with Gasteiger partial charge in [-0.05, 0) is 115 Å². The summed E-state index contributed by atoms with van der Waals surface area (Å²) in [7, 11) is 0. The summed E-state index contributed by atoms with van der Waals surface area (Å²) in [6.07, 6.45) is 0. The van der Waals surface area contributed by atoms with Gasteiger partial charge in [0.15, 0.2) is 0 Å². The van der Waals surface area contributed by atoms with Crippen molar-refractivity contribution in [2.75, 3.05) is 0 Å². The van der Waals surface area contributed by atoms with Crippen molar-refractivity contribution in [3.63, 3.8) is 0 Å². The standard InChI is InChI=1S/C58H34N4/c59-35-38-25-33-52-56-42(38)30-31-49-48(55-46-20-8-6-18-44(46)54(45-19-7-9-21-47(45)55)43-22-12-16-36-13-4-5-17-41(36)43)32-34-53(57(49)56)61(52)39-26-28-40(29-27-39)62-51-24-11-10-23-50(51)60-58(62)37-14-2-1-3-15-37/h1-34H. The number of para-hydroxylation sites is 2. The zero-order valence-electron chi connectivity index (χ0n) is 33.4. The molecule has 0 N–H and O–H groups in total. The summed E-state index contributed by atoms with van der Waals surface area (Å²) >= 11 is 0. The number of hydrogen-bond acceptors (Lipinski definition) is 2. The van der Waals surface area contributed by atoms with Crippen molar-refractivity contribution in [2.45, 2.75) is 0 Å². The molecule has 0 radical (unpaired) electrons. The summed E-state index contributed by atoms with van der Waals surface area (Å²) in [4.78, 5) is 5.08. The maximum atomic E-state index is 10.4. The molecular weight excluding hydrogens is 753 g/mol. The minimum Gasteiger partial charge on any atom is -0.309 e. The van der Waals surface area contributed by atoms with Gasteiger partial charge < -0.3 is 4.57 Å². The first-order valence-electron chi connectivity index (χ1n) is 21.0. The van der Waals surface area contributed by atoms with Gasteiger partial charge in [0.2, 0.25) is 0 Å².